The maximum absolute atomic E-state index is 5.99. The lowest BCUT2D eigenvalue weighted by atomic mass is 10.3. The molecule has 1 aromatic rings. The zero-order valence-electron chi connectivity index (χ0n) is 10.3. The van der Waals surface area contributed by atoms with Crippen LogP contribution in [0.3, 0.4) is 0 Å². The number of benzene rings is 1. The van der Waals surface area contributed by atoms with Crippen molar-refractivity contribution in [3.8, 4) is 5.75 Å². The van der Waals surface area contributed by atoms with Crippen LogP contribution in [0.1, 0.15) is 26.7 Å². The summed E-state index contributed by atoms with van der Waals surface area (Å²) in [5.74, 6) is 0.702. The fourth-order valence-electron chi connectivity index (χ4n) is 1.39. The lowest BCUT2D eigenvalue weighted by Crippen LogP contribution is -2.23. The SMILES string of the molecule is CC(C)NCCCCOc1ccc(Cl)cc1Cl. The van der Waals surface area contributed by atoms with Gasteiger partial charge in [0.2, 0.25) is 0 Å². The number of halogens is 2. The Morgan fingerprint density at radius 3 is 2.65 bits per heavy atom. The number of rotatable bonds is 7. The molecule has 0 saturated carbocycles. The van der Waals surface area contributed by atoms with Crippen molar-refractivity contribution in [2.45, 2.75) is 32.7 Å². The fraction of sp³-hybridized carbons (Fsp3) is 0.538. The van der Waals surface area contributed by atoms with Gasteiger partial charge in [0.05, 0.1) is 11.6 Å². The lowest BCUT2D eigenvalue weighted by molar-refractivity contribution is 0.305. The maximum atomic E-state index is 5.99. The summed E-state index contributed by atoms with van der Waals surface area (Å²) < 4.78 is 5.58. The highest BCUT2D eigenvalue weighted by molar-refractivity contribution is 6.35. The van der Waals surface area contributed by atoms with Gasteiger partial charge in [-0.25, -0.2) is 0 Å². The van der Waals surface area contributed by atoms with Gasteiger partial charge in [-0.15, -0.1) is 0 Å². The van der Waals surface area contributed by atoms with Crippen molar-refractivity contribution in [2.75, 3.05) is 13.2 Å². The largest absolute Gasteiger partial charge is 0.492 e. The van der Waals surface area contributed by atoms with E-state index in [0.29, 0.717) is 28.4 Å². The van der Waals surface area contributed by atoms with Crippen molar-refractivity contribution in [3.63, 3.8) is 0 Å². The third kappa shape index (κ3) is 6.16. The highest BCUT2D eigenvalue weighted by atomic mass is 35.5. The molecule has 0 radical (unpaired) electrons. The molecule has 0 aromatic heterocycles. The molecule has 0 unspecified atom stereocenters. The van der Waals surface area contributed by atoms with E-state index in [1.165, 1.54) is 0 Å². The predicted molar refractivity (Wildman–Crippen MR) is 74.3 cm³/mol. The Kier molecular flexibility index (Phi) is 6.71. The first-order valence-corrected chi connectivity index (χ1v) is 6.66. The van der Waals surface area contributed by atoms with Crippen molar-refractivity contribution < 1.29 is 4.74 Å². The maximum Gasteiger partial charge on any atom is 0.137 e. The summed E-state index contributed by atoms with van der Waals surface area (Å²) in [7, 11) is 0. The van der Waals surface area contributed by atoms with E-state index in [4.69, 9.17) is 27.9 Å². The number of nitrogens with one attached hydrogen (secondary N) is 1. The Morgan fingerprint density at radius 2 is 2.00 bits per heavy atom. The molecule has 0 saturated heterocycles. The van der Waals surface area contributed by atoms with E-state index in [1.807, 2.05) is 0 Å². The van der Waals surface area contributed by atoms with Crippen LogP contribution in [-0.4, -0.2) is 19.2 Å². The number of ether oxygens (including phenoxy) is 1. The monoisotopic (exact) mass is 275 g/mol. The number of unbranched alkanes of at least 4 members (excludes halogenated alkanes) is 1. The van der Waals surface area contributed by atoms with E-state index in [0.717, 1.165) is 19.4 Å². The van der Waals surface area contributed by atoms with Crippen molar-refractivity contribution in [1.29, 1.82) is 0 Å². The smallest absolute Gasteiger partial charge is 0.137 e. The molecule has 0 spiro atoms. The van der Waals surface area contributed by atoms with Gasteiger partial charge < -0.3 is 10.1 Å². The molecule has 0 aliphatic carbocycles. The molecule has 0 atom stereocenters. The molecular weight excluding hydrogens is 257 g/mol. The van der Waals surface area contributed by atoms with Crippen LogP contribution in [0.15, 0.2) is 18.2 Å². The molecular formula is C13H19Cl2NO. The Morgan fingerprint density at radius 1 is 1.24 bits per heavy atom. The van der Waals surface area contributed by atoms with E-state index in [1.54, 1.807) is 18.2 Å². The van der Waals surface area contributed by atoms with Crippen molar-refractivity contribution >= 4 is 23.2 Å². The summed E-state index contributed by atoms with van der Waals surface area (Å²) in [6, 6.07) is 5.82. The van der Waals surface area contributed by atoms with Gasteiger partial charge in [0, 0.05) is 11.1 Å². The second-order valence-electron chi connectivity index (χ2n) is 4.24. The minimum atomic E-state index is 0.543. The van der Waals surface area contributed by atoms with E-state index < -0.39 is 0 Å². The van der Waals surface area contributed by atoms with Gasteiger partial charge in [0.15, 0.2) is 0 Å². The first-order valence-electron chi connectivity index (χ1n) is 5.91. The van der Waals surface area contributed by atoms with Gasteiger partial charge in [-0.3, -0.25) is 0 Å². The summed E-state index contributed by atoms with van der Waals surface area (Å²) in [4.78, 5) is 0. The summed E-state index contributed by atoms with van der Waals surface area (Å²) in [6.45, 7) is 5.99. The zero-order valence-corrected chi connectivity index (χ0v) is 11.8. The highest BCUT2D eigenvalue weighted by Gasteiger charge is 2.01. The Hall–Kier alpha value is -0.440. The van der Waals surface area contributed by atoms with Crippen LogP contribution in [-0.2, 0) is 0 Å². The van der Waals surface area contributed by atoms with Crippen LogP contribution in [0, 0.1) is 0 Å². The van der Waals surface area contributed by atoms with Crippen LogP contribution in [0.2, 0.25) is 10.0 Å². The molecule has 1 rings (SSSR count). The van der Waals surface area contributed by atoms with Crippen LogP contribution < -0.4 is 10.1 Å². The van der Waals surface area contributed by atoms with Gasteiger partial charge in [-0.2, -0.15) is 0 Å². The second-order valence-corrected chi connectivity index (χ2v) is 5.08. The Bertz CT molecular complexity index is 342. The predicted octanol–water partition coefficient (Wildman–Crippen LogP) is 4.15. The quantitative estimate of drug-likeness (QED) is 0.755. The summed E-state index contributed by atoms with van der Waals surface area (Å²) in [5.41, 5.74) is 0. The Labute approximate surface area is 113 Å². The molecule has 0 bridgehead atoms. The molecule has 1 aromatic carbocycles. The number of hydrogen-bond acceptors (Lipinski definition) is 2. The highest BCUT2D eigenvalue weighted by Crippen LogP contribution is 2.27. The topological polar surface area (TPSA) is 21.3 Å². The third-order valence-corrected chi connectivity index (χ3v) is 2.81. The minimum Gasteiger partial charge on any atom is -0.492 e. The zero-order chi connectivity index (χ0) is 12.7. The fourth-order valence-corrected chi connectivity index (χ4v) is 1.86. The molecule has 0 amide bonds. The first kappa shape index (κ1) is 14.6. The van der Waals surface area contributed by atoms with Crippen molar-refractivity contribution in [2.24, 2.45) is 0 Å². The third-order valence-electron chi connectivity index (χ3n) is 2.28. The van der Waals surface area contributed by atoms with Crippen LogP contribution in [0.25, 0.3) is 0 Å². The second kappa shape index (κ2) is 7.80. The number of hydrogen-bond donors (Lipinski definition) is 1. The van der Waals surface area contributed by atoms with Gasteiger partial charge in [-0.05, 0) is 37.6 Å². The molecule has 0 aliphatic rings. The average Bonchev–Trinajstić information content (AvgIpc) is 2.25. The molecule has 4 heteroatoms. The molecule has 96 valence electrons. The standard InChI is InChI=1S/C13H19Cl2NO/c1-10(2)16-7-3-4-8-17-13-6-5-11(14)9-12(13)15/h5-6,9-10,16H,3-4,7-8H2,1-2H3. The van der Waals surface area contributed by atoms with E-state index in [9.17, 15) is 0 Å². The first-order chi connectivity index (χ1) is 8.09. The average molecular weight is 276 g/mol. The van der Waals surface area contributed by atoms with Gasteiger partial charge in [-0.1, -0.05) is 37.0 Å². The van der Waals surface area contributed by atoms with Crippen LogP contribution >= 0.6 is 23.2 Å². The van der Waals surface area contributed by atoms with Gasteiger partial charge in [0.1, 0.15) is 5.75 Å². The summed E-state index contributed by atoms with van der Waals surface area (Å²) in [6.07, 6.45) is 2.11. The van der Waals surface area contributed by atoms with Crippen LogP contribution in [0.4, 0.5) is 0 Å². The molecule has 2 nitrogen and oxygen atoms in total. The van der Waals surface area contributed by atoms with Crippen molar-refractivity contribution in [3.05, 3.63) is 28.2 Å². The van der Waals surface area contributed by atoms with Gasteiger partial charge >= 0.3 is 0 Å². The molecule has 0 aliphatic heterocycles. The van der Waals surface area contributed by atoms with E-state index in [2.05, 4.69) is 19.2 Å². The Balaban J connectivity index is 2.18. The van der Waals surface area contributed by atoms with Crippen LogP contribution in [0.5, 0.6) is 5.75 Å². The lowest BCUT2D eigenvalue weighted by Gasteiger charge is -2.09. The molecule has 1 N–H and O–H groups in total. The molecule has 0 heterocycles. The molecule has 0 fully saturated rings. The summed E-state index contributed by atoms with van der Waals surface area (Å²) in [5, 5.41) is 4.56. The van der Waals surface area contributed by atoms with E-state index >= 15 is 0 Å². The summed E-state index contributed by atoms with van der Waals surface area (Å²) >= 11 is 11.8. The van der Waals surface area contributed by atoms with Crippen molar-refractivity contribution in [1.82, 2.24) is 5.32 Å². The van der Waals surface area contributed by atoms with Gasteiger partial charge in [0.25, 0.3) is 0 Å². The normalized spacial score (nSPS) is 10.9. The minimum absolute atomic E-state index is 0.543. The molecule has 17 heavy (non-hydrogen) atoms. The van der Waals surface area contributed by atoms with E-state index in [-0.39, 0.29) is 0 Å².